The molecule has 6 heterocycles. The summed E-state index contributed by atoms with van der Waals surface area (Å²) in [6.07, 6.45) is 10.7. The zero-order valence-electron chi connectivity index (χ0n) is 41.6. The lowest BCUT2D eigenvalue weighted by Gasteiger charge is -2.16. The number of benzene rings is 4. The van der Waals surface area contributed by atoms with E-state index in [2.05, 4.69) is 89.4 Å². The number of aromatic nitrogens is 12. The van der Waals surface area contributed by atoms with Gasteiger partial charge in [0.1, 0.15) is 29.4 Å². The Hall–Kier alpha value is -7.82. The summed E-state index contributed by atoms with van der Waals surface area (Å²) in [5.41, 5.74) is 10.6. The summed E-state index contributed by atoms with van der Waals surface area (Å²) in [5, 5.41) is 0. The van der Waals surface area contributed by atoms with Crippen molar-refractivity contribution in [3.63, 3.8) is 0 Å². The molecule has 0 aliphatic heterocycles. The molecule has 10 rings (SSSR count). The molecule has 0 saturated heterocycles. The molecule has 0 saturated carbocycles. The highest BCUT2D eigenvalue weighted by Crippen LogP contribution is 2.29. The van der Waals surface area contributed by atoms with Gasteiger partial charge in [-0.05, 0) is 40.1 Å². The number of ether oxygens (including phenoxy) is 1. The molecule has 0 amide bonds. The van der Waals surface area contributed by atoms with Crippen LogP contribution in [0.2, 0.25) is 25.7 Å². The number of aryl methyl sites for hydroxylation is 1. The highest BCUT2D eigenvalue weighted by Gasteiger charge is 2.19. The van der Waals surface area contributed by atoms with Crippen LogP contribution in [0.5, 0.6) is 0 Å². The molecule has 0 bridgehead atoms. The van der Waals surface area contributed by atoms with Crippen LogP contribution in [0.3, 0.4) is 0 Å². The van der Waals surface area contributed by atoms with Gasteiger partial charge in [0.25, 0.3) is 0 Å². The van der Waals surface area contributed by atoms with E-state index in [0.29, 0.717) is 65.6 Å². The highest BCUT2D eigenvalue weighted by molar-refractivity contribution is 6.76. The average molecular weight is 997 g/mol. The maximum atomic E-state index is 13.0. The molecular weight excluding hydrogens is 929 g/mol. The van der Waals surface area contributed by atoms with E-state index in [1.165, 1.54) is 11.1 Å². The molecule has 6 aromatic heterocycles. The number of nitrogens with zero attached hydrogens (tertiary/aromatic N) is 10. The Kier molecular flexibility index (Phi) is 16.5. The lowest BCUT2D eigenvalue weighted by molar-refractivity contribution is 0.0883. The molecule has 16 heteroatoms. The van der Waals surface area contributed by atoms with Crippen molar-refractivity contribution in [3.8, 4) is 45.6 Å². The predicted octanol–water partition coefficient (Wildman–Crippen LogP) is 11.8. The predicted molar refractivity (Wildman–Crippen MR) is 297 cm³/mol. The summed E-state index contributed by atoms with van der Waals surface area (Å²) in [7, 11) is 0.632. The van der Waals surface area contributed by atoms with Gasteiger partial charge in [0.2, 0.25) is 0 Å². The van der Waals surface area contributed by atoms with Crippen LogP contribution < -0.4 is 11.4 Å². The van der Waals surface area contributed by atoms with Gasteiger partial charge in [-0.25, -0.2) is 39.5 Å². The van der Waals surface area contributed by atoms with Gasteiger partial charge >= 0.3 is 11.4 Å². The van der Waals surface area contributed by atoms with Crippen molar-refractivity contribution in [1.82, 2.24) is 58.1 Å². The molecule has 0 radical (unpaired) electrons. The summed E-state index contributed by atoms with van der Waals surface area (Å²) in [5.74, 6) is 3.61. The molecule has 2 N–H and O–H groups in total. The Labute approximate surface area is 428 Å². The SMILES string of the molecule is C.C.CC(C)c1ccccc1-c1ncc2[nH]c(=O)n(Cc3ccc(-c4nccn4COCC[Si](C)(C)C)cc3)c2n1.CC(C)c1ccccc1-c1ncc2c(n1)n(Cc1ccc(-c3ncc[nH]3)cc1)c(=O)n2C. The second kappa shape index (κ2) is 22.7. The normalized spacial score (nSPS) is 11.5. The van der Waals surface area contributed by atoms with Crippen molar-refractivity contribution in [2.75, 3.05) is 6.61 Å². The minimum absolute atomic E-state index is 0. The van der Waals surface area contributed by atoms with Crippen LogP contribution in [0.25, 0.3) is 67.9 Å². The van der Waals surface area contributed by atoms with E-state index in [1.807, 2.05) is 95.7 Å². The number of aromatic amines is 2. The fraction of sp³-hybridized carbons (Fsp3) is 0.298. The summed E-state index contributed by atoms with van der Waals surface area (Å²) >= 11 is 0. The lowest BCUT2D eigenvalue weighted by Crippen LogP contribution is -2.22. The third kappa shape index (κ3) is 11.8. The van der Waals surface area contributed by atoms with Gasteiger partial charge in [-0.2, -0.15) is 0 Å². The maximum Gasteiger partial charge on any atom is 0.330 e. The number of H-pyrrole nitrogens is 2. The van der Waals surface area contributed by atoms with Gasteiger partial charge in [-0.15, -0.1) is 0 Å². The zero-order valence-corrected chi connectivity index (χ0v) is 42.6. The van der Waals surface area contributed by atoms with Gasteiger partial charge in [-0.1, -0.05) is 159 Å². The number of fused-ring (bicyclic) bond motifs is 2. The Bertz CT molecular complexity index is 3540. The molecule has 15 nitrogen and oxygen atoms in total. The van der Waals surface area contributed by atoms with Crippen LogP contribution in [0.1, 0.15) is 76.6 Å². The third-order valence-corrected chi connectivity index (χ3v) is 14.3. The van der Waals surface area contributed by atoms with Crippen LogP contribution in [0.15, 0.2) is 144 Å². The van der Waals surface area contributed by atoms with Gasteiger partial charge in [-0.3, -0.25) is 13.7 Å². The topological polar surface area (TPSA) is 172 Å². The second-order valence-corrected chi connectivity index (χ2v) is 25.3. The Morgan fingerprint density at radius 3 is 1.82 bits per heavy atom. The van der Waals surface area contributed by atoms with Crippen molar-refractivity contribution in [2.45, 2.75) is 99.9 Å². The minimum atomic E-state index is -1.12. The molecule has 0 atom stereocenters. The van der Waals surface area contributed by atoms with E-state index in [1.54, 1.807) is 51.7 Å². The summed E-state index contributed by atoms with van der Waals surface area (Å²) < 4.78 is 12.9. The number of rotatable bonds is 15. The summed E-state index contributed by atoms with van der Waals surface area (Å²) in [6.45, 7) is 17.7. The molecule has 73 heavy (non-hydrogen) atoms. The first-order chi connectivity index (χ1) is 34.2. The van der Waals surface area contributed by atoms with Crippen molar-refractivity contribution < 1.29 is 4.74 Å². The average Bonchev–Trinajstić information content (AvgIpc) is 4.19. The first-order valence-electron chi connectivity index (χ1n) is 24.1. The first kappa shape index (κ1) is 53.0. The first-order valence-corrected chi connectivity index (χ1v) is 27.8. The van der Waals surface area contributed by atoms with E-state index < -0.39 is 8.07 Å². The molecule has 4 aromatic carbocycles. The monoisotopic (exact) mass is 997 g/mol. The molecule has 0 fully saturated rings. The van der Waals surface area contributed by atoms with Gasteiger partial charge < -0.3 is 19.3 Å². The van der Waals surface area contributed by atoms with Crippen LogP contribution in [-0.4, -0.2) is 72.8 Å². The van der Waals surface area contributed by atoms with Crippen LogP contribution in [0.4, 0.5) is 0 Å². The zero-order chi connectivity index (χ0) is 49.8. The van der Waals surface area contributed by atoms with Gasteiger partial charge in [0.05, 0.1) is 25.5 Å². The molecule has 0 spiro atoms. The van der Waals surface area contributed by atoms with Crippen LogP contribution >= 0.6 is 0 Å². The standard InChI is InChI=1S/C30H36N6O2Si.C25H24N6O.2CH4/c1-21(2)24-8-6-7-9-25(24)27-32-18-26-29(34-27)36(30(37)33-26)19-22-10-12-23(13-11-22)28-31-14-15-35(28)20-38-16-17-39(3,4)5;1-16(2)19-6-4-5-7-20(19)23-28-14-21-24(29-23)31(25(32)30(21)3)15-17-8-10-18(11-9-17)22-26-12-13-27-22;;/h6-15,18,21H,16-17,19-20H2,1-5H3,(H,33,37);4-14,16H,15H2,1-3H3,(H,26,27);2*1H4. The molecule has 0 unspecified atom stereocenters. The number of hydrogen-bond acceptors (Lipinski definition) is 9. The fourth-order valence-electron chi connectivity index (χ4n) is 8.61. The van der Waals surface area contributed by atoms with Crippen molar-refractivity contribution >= 4 is 30.4 Å². The summed E-state index contributed by atoms with van der Waals surface area (Å²) in [6, 6.07) is 33.6. The van der Waals surface area contributed by atoms with Crippen molar-refractivity contribution in [2.24, 2.45) is 7.05 Å². The number of hydrogen-bond donors (Lipinski definition) is 2. The van der Waals surface area contributed by atoms with E-state index in [4.69, 9.17) is 14.7 Å². The second-order valence-electron chi connectivity index (χ2n) is 19.7. The largest absolute Gasteiger partial charge is 0.361 e. The van der Waals surface area contributed by atoms with E-state index in [-0.39, 0.29) is 26.2 Å². The third-order valence-electron chi connectivity index (χ3n) is 12.6. The van der Waals surface area contributed by atoms with E-state index in [9.17, 15) is 9.59 Å². The van der Waals surface area contributed by atoms with Crippen molar-refractivity contribution in [1.29, 1.82) is 0 Å². The maximum absolute atomic E-state index is 13.0. The lowest BCUT2D eigenvalue weighted by atomic mass is 9.97. The summed E-state index contributed by atoms with van der Waals surface area (Å²) in [4.78, 5) is 59.5. The van der Waals surface area contributed by atoms with E-state index >= 15 is 0 Å². The molecule has 0 aliphatic rings. The van der Waals surface area contributed by atoms with Gasteiger partial charge in [0, 0.05) is 68.8 Å². The van der Waals surface area contributed by atoms with Crippen molar-refractivity contribution in [3.05, 3.63) is 177 Å². The van der Waals surface area contributed by atoms with Crippen LogP contribution in [-0.2, 0) is 31.6 Å². The van der Waals surface area contributed by atoms with Gasteiger partial charge in [0.15, 0.2) is 22.9 Å². The smallest absolute Gasteiger partial charge is 0.330 e. The Morgan fingerprint density at radius 2 is 1.23 bits per heavy atom. The number of imidazole rings is 4. The molecule has 0 aliphatic carbocycles. The van der Waals surface area contributed by atoms with Crippen LogP contribution in [0, 0.1) is 0 Å². The quantitative estimate of drug-likeness (QED) is 0.0749. The van der Waals surface area contributed by atoms with E-state index in [0.717, 1.165) is 57.7 Å². The molecule has 10 aromatic rings. The number of nitrogens with one attached hydrogen (secondary N) is 2. The highest BCUT2D eigenvalue weighted by atomic mass is 28.3. The fourth-order valence-corrected chi connectivity index (χ4v) is 9.37. The Balaban J connectivity index is 0.000000212. The Morgan fingerprint density at radius 1 is 0.658 bits per heavy atom. The molecular formula is C57H68N12O3Si. The molecule has 378 valence electrons. The minimum Gasteiger partial charge on any atom is -0.361 e.